The average molecular weight is 300 g/mol. The van der Waals surface area contributed by atoms with E-state index in [1.807, 2.05) is 0 Å². The van der Waals surface area contributed by atoms with Crippen LogP contribution in [0, 0.1) is 0 Å². The minimum atomic E-state index is 0.453. The molecule has 0 aromatic heterocycles. The Bertz CT molecular complexity index is 476. The molecule has 0 aromatic rings. The van der Waals surface area contributed by atoms with Crippen molar-refractivity contribution in [1.29, 1.82) is 0 Å². The van der Waals surface area contributed by atoms with Gasteiger partial charge in [0.15, 0.2) is 0 Å². The lowest BCUT2D eigenvalue weighted by molar-refractivity contribution is -0.120. The third-order valence-corrected chi connectivity index (χ3v) is 5.49. The second kappa shape index (κ2) is 7.39. The number of carbonyl (C=O) groups is 2. The van der Waals surface area contributed by atoms with Crippen molar-refractivity contribution in [2.24, 2.45) is 0 Å². The molecule has 2 saturated carbocycles. The molecule has 0 radical (unpaired) electrons. The third kappa shape index (κ3) is 3.59. The lowest BCUT2D eigenvalue weighted by Gasteiger charge is -2.33. The van der Waals surface area contributed by atoms with E-state index >= 15 is 0 Å². The van der Waals surface area contributed by atoms with Crippen molar-refractivity contribution in [3.63, 3.8) is 0 Å². The maximum absolute atomic E-state index is 11.7. The number of rotatable bonds is 0. The summed E-state index contributed by atoms with van der Waals surface area (Å²) < 4.78 is 0. The molecule has 2 nitrogen and oxygen atoms in total. The van der Waals surface area contributed by atoms with Gasteiger partial charge in [-0.05, 0) is 86.5 Å². The predicted molar refractivity (Wildman–Crippen MR) is 88.7 cm³/mol. The fourth-order valence-corrected chi connectivity index (χ4v) is 4.30. The Kier molecular flexibility index (Phi) is 5.28. The van der Waals surface area contributed by atoms with Gasteiger partial charge in [0.2, 0.25) is 0 Å². The summed E-state index contributed by atoms with van der Waals surface area (Å²) in [6.07, 6.45) is 14.1. The van der Waals surface area contributed by atoms with E-state index in [1.54, 1.807) is 22.3 Å². The van der Waals surface area contributed by atoms with Gasteiger partial charge in [0.25, 0.3) is 0 Å². The van der Waals surface area contributed by atoms with Crippen LogP contribution in [0.15, 0.2) is 22.3 Å². The van der Waals surface area contributed by atoms with Gasteiger partial charge >= 0.3 is 0 Å². The molecule has 22 heavy (non-hydrogen) atoms. The van der Waals surface area contributed by atoms with E-state index < -0.39 is 0 Å². The van der Waals surface area contributed by atoms with Crippen molar-refractivity contribution >= 4 is 11.6 Å². The zero-order valence-corrected chi connectivity index (χ0v) is 13.7. The third-order valence-electron chi connectivity index (χ3n) is 5.49. The molecule has 0 aromatic carbocycles. The zero-order valence-electron chi connectivity index (χ0n) is 13.7. The highest BCUT2D eigenvalue weighted by atomic mass is 16.1. The first-order valence-electron chi connectivity index (χ1n) is 9.24. The van der Waals surface area contributed by atoms with Crippen LogP contribution in [0.25, 0.3) is 0 Å². The SMILES string of the molecule is O=C1CCCCC2=C3CCCCC(=O)CCCC3=C2CCC1. The number of hydrogen-bond donors (Lipinski definition) is 0. The summed E-state index contributed by atoms with van der Waals surface area (Å²) >= 11 is 0. The van der Waals surface area contributed by atoms with Crippen LogP contribution in [-0.2, 0) is 9.59 Å². The number of hydrogen-bond acceptors (Lipinski definition) is 2. The van der Waals surface area contributed by atoms with Crippen LogP contribution >= 0.6 is 0 Å². The minimum Gasteiger partial charge on any atom is -0.300 e. The molecule has 0 unspecified atom stereocenters. The van der Waals surface area contributed by atoms with Gasteiger partial charge < -0.3 is 0 Å². The van der Waals surface area contributed by atoms with Gasteiger partial charge in [-0.25, -0.2) is 0 Å². The molecule has 3 aliphatic rings. The first-order chi connectivity index (χ1) is 10.8. The molecule has 120 valence electrons. The van der Waals surface area contributed by atoms with Crippen molar-refractivity contribution in [2.75, 3.05) is 0 Å². The molecule has 0 aliphatic heterocycles. The standard InChI is InChI=1S/C20H28O2/c21-15-7-1-3-11-17-18-12-4-2-8-16(22)10-6-14-20(18)19(17)13-5-9-15/h1-14H2. The van der Waals surface area contributed by atoms with Crippen LogP contribution in [0.2, 0.25) is 0 Å². The first kappa shape index (κ1) is 15.7. The van der Waals surface area contributed by atoms with Gasteiger partial charge in [-0.15, -0.1) is 0 Å². The molecule has 3 rings (SSSR count). The zero-order chi connectivity index (χ0) is 15.4. The lowest BCUT2D eigenvalue weighted by Crippen LogP contribution is -2.16. The molecule has 0 spiro atoms. The second-order valence-electron chi connectivity index (χ2n) is 7.11. The predicted octanol–water partition coefficient (Wildman–Crippen LogP) is 5.22. The Morgan fingerprint density at radius 3 is 1.05 bits per heavy atom. The average Bonchev–Trinajstić information content (AvgIpc) is 2.50. The molecule has 0 amide bonds. The smallest absolute Gasteiger partial charge is 0.132 e. The maximum atomic E-state index is 11.7. The lowest BCUT2D eigenvalue weighted by atomic mass is 9.71. The summed E-state index contributed by atoms with van der Waals surface area (Å²) in [5.41, 5.74) is 6.46. The summed E-state index contributed by atoms with van der Waals surface area (Å²) in [5, 5.41) is 0. The Hall–Kier alpha value is -1.18. The fraction of sp³-hybridized carbons (Fsp3) is 0.700. The van der Waals surface area contributed by atoms with Crippen molar-refractivity contribution < 1.29 is 9.59 Å². The molecule has 2 heteroatoms. The normalized spacial score (nSPS) is 25.3. The van der Waals surface area contributed by atoms with Crippen molar-refractivity contribution in [2.45, 2.75) is 89.9 Å². The molecular weight excluding hydrogens is 272 g/mol. The second-order valence-corrected chi connectivity index (χ2v) is 7.11. The fourth-order valence-electron chi connectivity index (χ4n) is 4.30. The van der Waals surface area contributed by atoms with Gasteiger partial charge in [0.1, 0.15) is 11.6 Å². The van der Waals surface area contributed by atoms with Gasteiger partial charge in [-0.2, -0.15) is 0 Å². The highest BCUT2D eigenvalue weighted by Crippen LogP contribution is 2.46. The largest absolute Gasteiger partial charge is 0.300 e. The van der Waals surface area contributed by atoms with Crippen LogP contribution in [0.5, 0.6) is 0 Å². The van der Waals surface area contributed by atoms with Crippen LogP contribution in [0.3, 0.4) is 0 Å². The first-order valence-corrected chi connectivity index (χ1v) is 9.24. The maximum Gasteiger partial charge on any atom is 0.132 e. The Morgan fingerprint density at radius 2 is 0.636 bits per heavy atom. The van der Waals surface area contributed by atoms with E-state index in [-0.39, 0.29) is 0 Å². The molecule has 0 N–H and O–H groups in total. The summed E-state index contributed by atoms with van der Waals surface area (Å²) in [6, 6.07) is 0. The van der Waals surface area contributed by atoms with E-state index in [0.717, 1.165) is 64.2 Å². The molecule has 3 aliphatic carbocycles. The van der Waals surface area contributed by atoms with E-state index in [4.69, 9.17) is 0 Å². The van der Waals surface area contributed by atoms with Crippen LogP contribution in [0.4, 0.5) is 0 Å². The van der Waals surface area contributed by atoms with Gasteiger partial charge in [0.05, 0.1) is 0 Å². The highest BCUT2D eigenvalue weighted by Gasteiger charge is 2.28. The number of allylic oxidation sites excluding steroid dienone is 4. The number of ketones is 2. The summed E-state index contributed by atoms with van der Waals surface area (Å²) in [7, 11) is 0. The number of carbonyl (C=O) groups excluding carboxylic acids is 2. The number of Topliss-reactive ketones (excluding diaryl/α,β-unsaturated/α-hetero) is 2. The molecule has 0 bridgehead atoms. The monoisotopic (exact) mass is 300 g/mol. The van der Waals surface area contributed by atoms with Crippen LogP contribution < -0.4 is 0 Å². The Morgan fingerprint density at radius 1 is 0.364 bits per heavy atom. The van der Waals surface area contributed by atoms with Crippen molar-refractivity contribution in [1.82, 2.24) is 0 Å². The molecule has 2 fully saturated rings. The Labute approximate surface area is 134 Å². The van der Waals surface area contributed by atoms with Gasteiger partial charge in [0, 0.05) is 25.7 Å². The van der Waals surface area contributed by atoms with E-state index in [1.165, 1.54) is 25.7 Å². The van der Waals surface area contributed by atoms with E-state index in [2.05, 4.69) is 0 Å². The summed E-state index contributed by atoms with van der Waals surface area (Å²) in [6.45, 7) is 0. The highest BCUT2D eigenvalue weighted by molar-refractivity contribution is 5.79. The topological polar surface area (TPSA) is 34.1 Å². The van der Waals surface area contributed by atoms with Gasteiger partial charge in [-0.3, -0.25) is 9.59 Å². The van der Waals surface area contributed by atoms with Crippen LogP contribution in [0.1, 0.15) is 89.9 Å². The molecular formula is C20H28O2. The van der Waals surface area contributed by atoms with Crippen LogP contribution in [-0.4, -0.2) is 11.6 Å². The molecule has 0 heterocycles. The molecule has 0 atom stereocenters. The summed E-state index contributed by atoms with van der Waals surface area (Å²) in [4.78, 5) is 23.5. The van der Waals surface area contributed by atoms with Gasteiger partial charge in [-0.1, -0.05) is 0 Å². The quantitative estimate of drug-likeness (QED) is 0.614. The minimum absolute atomic E-state index is 0.453. The Balaban J connectivity index is 1.73. The molecule has 0 saturated heterocycles. The summed E-state index contributed by atoms with van der Waals surface area (Å²) in [5.74, 6) is 0.906. The van der Waals surface area contributed by atoms with E-state index in [9.17, 15) is 9.59 Å². The van der Waals surface area contributed by atoms with E-state index in [0.29, 0.717) is 11.6 Å². The van der Waals surface area contributed by atoms with Crippen molar-refractivity contribution in [3.8, 4) is 0 Å². The number of fused-ring (bicyclic) bond motifs is 2. The van der Waals surface area contributed by atoms with Crippen molar-refractivity contribution in [3.05, 3.63) is 22.3 Å².